The van der Waals surface area contributed by atoms with E-state index in [9.17, 15) is 4.79 Å². The van der Waals surface area contributed by atoms with Crippen LogP contribution in [0.15, 0.2) is 18.2 Å². The number of carbonyl (C=O) groups is 1. The first kappa shape index (κ1) is 13.8. The van der Waals surface area contributed by atoms with Gasteiger partial charge in [-0.25, -0.2) is 4.79 Å². The topological polar surface area (TPSA) is 61.5 Å². The van der Waals surface area contributed by atoms with Crippen molar-refractivity contribution in [1.29, 1.82) is 0 Å². The van der Waals surface area contributed by atoms with Gasteiger partial charge in [0, 0.05) is 17.3 Å². The molecule has 17 heavy (non-hydrogen) atoms. The third kappa shape index (κ3) is 4.24. The zero-order valence-corrected chi connectivity index (χ0v) is 10.7. The van der Waals surface area contributed by atoms with Gasteiger partial charge in [0.15, 0.2) is 0 Å². The summed E-state index contributed by atoms with van der Waals surface area (Å²) in [4.78, 5) is 11.8. The molecule has 0 heterocycles. The molecule has 2 N–H and O–H groups in total. The van der Waals surface area contributed by atoms with Crippen LogP contribution in [0, 0.1) is 0 Å². The predicted octanol–water partition coefficient (Wildman–Crippen LogP) is 2.50. The summed E-state index contributed by atoms with van der Waals surface area (Å²) < 4.78 is 10.3. The van der Waals surface area contributed by atoms with E-state index >= 15 is 0 Å². The third-order valence-corrected chi connectivity index (χ3v) is 2.34. The number of rotatable bonds is 5. The average molecular weight is 258 g/mol. The number of benzene rings is 1. The summed E-state index contributed by atoms with van der Waals surface area (Å²) in [6.45, 7) is 4.59. The van der Waals surface area contributed by atoms with Crippen molar-refractivity contribution in [3.63, 3.8) is 0 Å². The van der Waals surface area contributed by atoms with E-state index < -0.39 is 5.97 Å². The Morgan fingerprint density at radius 2 is 2.24 bits per heavy atom. The Hall–Kier alpha value is -1.26. The van der Waals surface area contributed by atoms with Gasteiger partial charge in [0.25, 0.3) is 0 Å². The molecule has 1 rings (SSSR count). The van der Waals surface area contributed by atoms with Gasteiger partial charge in [0.05, 0.1) is 12.2 Å². The van der Waals surface area contributed by atoms with Gasteiger partial charge < -0.3 is 15.2 Å². The van der Waals surface area contributed by atoms with Gasteiger partial charge in [-0.2, -0.15) is 0 Å². The Morgan fingerprint density at radius 1 is 1.53 bits per heavy atom. The minimum atomic E-state index is -0.489. The lowest BCUT2D eigenvalue weighted by Crippen LogP contribution is -2.21. The fraction of sp³-hybridized carbons (Fsp3) is 0.417. The van der Waals surface area contributed by atoms with Crippen LogP contribution in [0.25, 0.3) is 0 Å². The van der Waals surface area contributed by atoms with Crippen molar-refractivity contribution in [2.75, 3.05) is 18.9 Å². The molecule has 1 atom stereocenters. The molecule has 0 saturated carbocycles. The molecular formula is C12H16ClNO3. The molecule has 1 aromatic carbocycles. The molecule has 0 aromatic heterocycles. The van der Waals surface area contributed by atoms with Gasteiger partial charge in [0.2, 0.25) is 0 Å². The Bertz CT molecular complexity index is 395. The molecule has 0 aliphatic carbocycles. The summed E-state index contributed by atoms with van der Waals surface area (Å²) in [6.07, 6.45) is -0.319. The first-order valence-electron chi connectivity index (χ1n) is 5.38. The normalized spacial score (nSPS) is 12.2. The number of anilines is 1. The van der Waals surface area contributed by atoms with Gasteiger partial charge in [-0.3, -0.25) is 0 Å². The molecule has 1 unspecified atom stereocenters. The van der Waals surface area contributed by atoms with Crippen molar-refractivity contribution in [2.45, 2.75) is 20.0 Å². The van der Waals surface area contributed by atoms with Crippen molar-refractivity contribution < 1.29 is 14.3 Å². The molecule has 5 heteroatoms. The summed E-state index contributed by atoms with van der Waals surface area (Å²) in [7, 11) is 0. The molecular weight excluding hydrogens is 242 g/mol. The number of hydrogen-bond donors (Lipinski definition) is 1. The first-order valence-corrected chi connectivity index (χ1v) is 5.76. The Morgan fingerprint density at radius 3 is 2.88 bits per heavy atom. The molecule has 0 aliphatic rings. The average Bonchev–Trinajstić information content (AvgIpc) is 2.29. The summed E-state index contributed by atoms with van der Waals surface area (Å²) in [5.41, 5.74) is 6.30. The van der Waals surface area contributed by atoms with Crippen molar-refractivity contribution in [2.24, 2.45) is 0 Å². The Balaban J connectivity index is 2.66. The van der Waals surface area contributed by atoms with Crippen LogP contribution in [0.1, 0.15) is 24.2 Å². The van der Waals surface area contributed by atoms with Crippen LogP contribution in [-0.4, -0.2) is 25.3 Å². The largest absolute Gasteiger partial charge is 0.457 e. The van der Waals surface area contributed by atoms with Gasteiger partial charge in [-0.05, 0) is 32.0 Å². The SMILES string of the molecule is CCOCC(C)OC(=O)c1cc(Cl)ccc1N. The highest BCUT2D eigenvalue weighted by molar-refractivity contribution is 6.31. The van der Waals surface area contributed by atoms with Crippen LogP contribution in [-0.2, 0) is 9.47 Å². The maximum atomic E-state index is 11.8. The highest BCUT2D eigenvalue weighted by atomic mass is 35.5. The second-order valence-electron chi connectivity index (χ2n) is 3.61. The van der Waals surface area contributed by atoms with Crippen molar-refractivity contribution in [3.05, 3.63) is 28.8 Å². The molecule has 94 valence electrons. The zero-order valence-electron chi connectivity index (χ0n) is 9.90. The summed E-state index contributed by atoms with van der Waals surface area (Å²) in [5.74, 6) is -0.489. The summed E-state index contributed by atoms with van der Waals surface area (Å²) in [5, 5.41) is 0.448. The van der Waals surface area contributed by atoms with Crippen LogP contribution >= 0.6 is 11.6 Å². The molecule has 0 bridgehead atoms. The number of halogens is 1. The maximum Gasteiger partial charge on any atom is 0.340 e. The number of esters is 1. The molecule has 0 saturated heterocycles. The van der Waals surface area contributed by atoms with Crippen LogP contribution in [0.2, 0.25) is 5.02 Å². The van der Waals surface area contributed by atoms with Crippen molar-refractivity contribution in [1.82, 2.24) is 0 Å². The number of ether oxygens (including phenoxy) is 2. The van der Waals surface area contributed by atoms with E-state index in [0.29, 0.717) is 23.9 Å². The van der Waals surface area contributed by atoms with Crippen LogP contribution in [0.3, 0.4) is 0 Å². The minimum absolute atomic E-state index is 0.279. The molecule has 0 fully saturated rings. The number of nitrogens with two attached hydrogens (primary N) is 1. The van der Waals surface area contributed by atoms with E-state index in [4.69, 9.17) is 26.8 Å². The highest BCUT2D eigenvalue weighted by Crippen LogP contribution is 2.19. The lowest BCUT2D eigenvalue weighted by molar-refractivity contribution is 0.00449. The standard InChI is InChI=1S/C12H16ClNO3/c1-3-16-7-8(2)17-12(15)10-6-9(13)4-5-11(10)14/h4-6,8H,3,7,14H2,1-2H3. The molecule has 0 radical (unpaired) electrons. The fourth-order valence-corrected chi connectivity index (χ4v) is 1.44. The van der Waals surface area contributed by atoms with E-state index in [1.54, 1.807) is 19.1 Å². The van der Waals surface area contributed by atoms with E-state index in [-0.39, 0.29) is 11.7 Å². The van der Waals surface area contributed by atoms with Crippen LogP contribution in [0.5, 0.6) is 0 Å². The van der Waals surface area contributed by atoms with Gasteiger partial charge >= 0.3 is 5.97 Å². The third-order valence-electron chi connectivity index (χ3n) is 2.10. The smallest absolute Gasteiger partial charge is 0.340 e. The van der Waals surface area contributed by atoms with E-state index in [1.165, 1.54) is 6.07 Å². The lowest BCUT2D eigenvalue weighted by Gasteiger charge is -2.13. The zero-order chi connectivity index (χ0) is 12.8. The van der Waals surface area contributed by atoms with Gasteiger partial charge in [-0.1, -0.05) is 11.6 Å². The summed E-state index contributed by atoms with van der Waals surface area (Å²) in [6, 6.07) is 4.69. The Kier molecular flexibility index (Phi) is 5.25. The first-order chi connectivity index (χ1) is 8.04. The Labute approximate surface area is 106 Å². The summed E-state index contributed by atoms with van der Waals surface area (Å²) >= 11 is 5.79. The number of hydrogen-bond acceptors (Lipinski definition) is 4. The maximum absolute atomic E-state index is 11.8. The van der Waals surface area contributed by atoms with E-state index in [0.717, 1.165) is 0 Å². The molecule has 1 aromatic rings. The number of nitrogen functional groups attached to an aromatic ring is 1. The molecule has 0 aliphatic heterocycles. The lowest BCUT2D eigenvalue weighted by atomic mass is 10.2. The second-order valence-corrected chi connectivity index (χ2v) is 4.04. The monoisotopic (exact) mass is 257 g/mol. The molecule has 0 spiro atoms. The second kappa shape index (κ2) is 6.47. The molecule has 0 amide bonds. The van der Waals surface area contributed by atoms with Crippen molar-refractivity contribution in [3.8, 4) is 0 Å². The number of carbonyl (C=O) groups excluding carboxylic acids is 1. The van der Waals surface area contributed by atoms with E-state index in [1.807, 2.05) is 6.92 Å². The van der Waals surface area contributed by atoms with E-state index in [2.05, 4.69) is 0 Å². The quantitative estimate of drug-likeness (QED) is 0.650. The predicted molar refractivity (Wildman–Crippen MR) is 67.2 cm³/mol. The molecule has 4 nitrogen and oxygen atoms in total. The van der Waals surface area contributed by atoms with Crippen LogP contribution < -0.4 is 5.73 Å². The van der Waals surface area contributed by atoms with Gasteiger partial charge in [0.1, 0.15) is 6.10 Å². The van der Waals surface area contributed by atoms with Gasteiger partial charge in [-0.15, -0.1) is 0 Å². The van der Waals surface area contributed by atoms with Crippen molar-refractivity contribution >= 4 is 23.3 Å². The fourth-order valence-electron chi connectivity index (χ4n) is 1.27. The van der Waals surface area contributed by atoms with Crippen LogP contribution in [0.4, 0.5) is 5.69 Å². The minimum Gasteiger partial charge on any atom is -0.457 e. The highest BCUT2D eigenvalue weighted by Gasteiger charge is 2.15.